The Hall–Kier alpha value is -1.53. The molecular weight excluding hydrogens is 260 g/mol. The topological polar surface area (TPSA) is 59.0 Å². The van der Waals surface area contributed by atoms with Crippen molar-refractivity contribution in [3.05, 3.63) is 28.8 Å². The molecule has 1 aromatic carbocycles. The molecule has 0 aliphatic heterocycles. The van der Waals surface area contributed by atoms with Crippen LogP contribution in [0.4, 0.5) is 0 Å². The second kappa shape index (κ2) is 7.47. The number of aryl methyl sites for hydroxylation is 2. The van der Waals surface area contributed by atoms with Gasteiger partial charge in [-0.2, -0.15) is 5.26 Å². The van der Waals surface area contributed by atoms with E-state index in [1.54, 1.807) is 0 Å². The van der Waals surface area contributed by atoms with Gasteiger partial charge in [-0.25, -0.2) is 0 Å². The molecule has 1 unspecified atom stereocenters. The number of hydrogen-bond acceptors (Lipinski definition) is 3. The van der Waals surface area contributed by atoms with Crippen LogP contribution in [0.5, 0.6) is 5.75 Å². The molecule has 0 heterocycles. The Morgan fingerprint density at radius 2 is 1.86 bits per heavy atom. The molecule has 3 heteroatoms. The van der Waals surface area contributed by atoms with Crippen molar-refractivity contribution in [1.82, 2.24) is 0 Å². The third-order valence-corrected chi connectivity index (χ3v) is 3.57. The van der Waals surface area contributed by atoms with E-state index >= 15 is 0 Å². The van der Waals surface area contributed by atoms with E-state index in [0.717, 1.165) is 36.1 Å². The van der Waals surface area contributed by atoms with Gasteiger partial charge in [0.1, 0.15) is 5.75 Å². The van der Waals surface area contributed by atoms with Crippen LogP contribution in [0.1, 0.15) is 50.3 Å². The van der Waals surface area contributed by atoms with Gasteiger partial charge < -0.3 is 10.5 Å². The predicted octanol–water partition coefficient (Wildman–Crippen LogP) is 3.90. The molecule has 21 heavy (non-hydrogen) atoms. The third-order valence-electron chi connectivity index (χ3n) is 3.57. The van der Waals surface area contributed by atoms with Crippen LogP contribution in [0.15, 0.2) is 12.1 Å². The fourth-order valence-electron chi connectivity index (χ4n) is 2.50. The van der Waals surface area contributed by atoms with E-state index in [1.165, 1.54) is 5.56 Å². The lowest BCUT2D eigenvalue weighted by Crippen LogP contribution is -2.18. The highest BCUT2D eigenvalue weighted by molar-refractivity contribution is 5.43. The summed E-state index contributed by atoms with van der Waals surface area (Å²) in [6.45, 7) is 10.8. The zero-order chi connectivity index (χ0) is 16.0. The van der Waals surface area contributed by atoms with Gasteiger partial charge in [-0.1, -0.05) is 12.1 Å². The molecule has 0 aliphatic carbocycles. The fourth-order valence-corrected chi connectivity index (χ4v) is 2.50. The van der Waals surface area contributed by atoms with Gasteiger partial charge in [0.25, 0.3) is 0 Å². The maximum absolute atomic E-state index is 9.00. The van der Waals surface area contributed by atoms with Crippen LogP contribution in [0, 0.1) is 30.6 Å². The first-order chi connectivity index (χ1) is 9.75. The first kappa shape index (κ1) is 17.5. The summed E-state index contributed by atoms with van der Waals surface area (Å²) in [6, 6.07) is 6.81. The van der Waals surface area contributed by atoms with E-state index in [4.69, 9.17) is 15.7 Å². The van der Waals surface area contributed by atoms with Gasteiger partial charge in [-0.15, -0.1) is 0 Å². The molecular formula is C18H28N2O. The Labute approximate surface area is 129 Å². The number of nitrogens with zero attached hydrogens (tertiary/aromatic N) is 1. The van der Waals surface area contributed by atoms with Crippen molar-refractivity contribution in [2.75, 3.05) is 6.61 Å². The second-order valence-corrected chi connectivity index (χ2v) is 6.69. The fraction of sp³-hybridized carbons (Fsp3) is 0.611. The monoisotopic (exact) mass is 288 g/mol. The van der Waals surface area contributed by atoms with Crippen molar-refractivity contribution in [3.63, 3.8) is 0 Å². The normalized spacial score (nSPS) is 12.8. The van der Waals surface area contributed by atoms with E-state index in [2.05, 4.69) is 32.0 Å². The summed E-state index contributed by atoms with van der Waals surface area (Å²) >= 11 is 0. The highest BCUT2D eigenvalue weighted by Crippen LogP contribution is 2.26. The minimum Gasteiger partial charge on any atom is -0.493 e. The number of hydrogen-bond donors (Lipinski definition) is 1. The van der Waals surface area contributed by atoms with Crippen LogP contribution >= 0.6 is 0 Å². The summed E-state index contributed by atoms with van der Waals surface area (Å²) < 4.78 is 5.93. The van der Waals surface area contributed by atoms with Gasteiger partial charge >= 0.3 is 0 Å². The van der Waals surface area contributed by atoms with Gasteiger partial charge in [0.05, 0.1) is 18.1 Å². The zero-order valence-corrected chi connectivity index (χ0v) is 14.0. The number of rotatable bonds is 7. The van der Waals surface area contributed by atoms with E-state index in [-0.39, 0.29) is 11.5 Å². The summed E-state index contributed by atoms with van der Waals surface area (Å²) in [5, 5.41) is 9.00. The summed E-state index contributed by atoms with van der Waals surface area (Å²) in [7, 11) is 0. The molecule has 0 amide bonds. The van der Waals surface area contributed by atoms with Crippen molar-refractivity contribution >= 4 is 0 Å². The summed E-state index contributed by atoms with van der Waals surface area (Å²) in [4.78, 5) is 0. The minimum atomic E-state index is -0.269. The van der Waals surface area contributed by atoms with Crippen LogP contribution in [0.25, 0.3) is 0 Å². The minimum absolute atomic E-state index is 0.170. The lowest BCUT2D eigenvalue weighted by Gasteiger charge is -2.17. The molecule has 0 radical (unpaired) electrons. The highest BCUT2D eigenvalue weighted by atomic mass is 16.5. The molecule has 0 fully saturated rings. The van der Waals surface area contributed by atoms with E-state index in [0.29, 0.717) is 6.61 Å². The number of nitrogens with two attached hydrogens (primary N) is 1. The summed E-state index contributed by atoms with van der Waals surface area (Å²) in [6.07, 6.45) is 2.63. The Kier molecular flexibility index (Phi) is 6.23. The molecule has 0 aliphatic rings. The lowest BCUT2D eigenvalue weighted by atomic mass is 9.90. The molecule has 1 aromatic rings. The van der Waals surface area contributed by atoms with E-state index < -0.39 is 0 Å². The number of benzene rings is 1. The number of nitriles is 1. The Bertz CT molecular complexity index is 489. The Morgan fingerprint density at radius 1 is 1.29 bits per heavy atom. The highest BCUT2D eigenvalue weighted by Gasteiger charge is 2.16. The van der Waals surface area contributed by atoms with E-state index in [9.17, 15) is 0 Å². The largest absolute Gasteiger partial charge is 0.493 e. The van der Waals surface area contributed by atoms with Crippen LogP contribution in [-0.4, -0.2) is 12.6 Å². The van der Waals surface area contributed by atoms with Crippen molar-refractivity contribution in [2.45, 2.75) is 59.9 Å². The molecule has 1 rings (SSSR count). The molecule has 0 saturated heterocycles. The molecule has 1 atom stereocenters. The van der Waals surface area contributed by atoms with Crippen LogP contribution in [0.3, 0.4) is 0 Å². The van der Waals surface area contributed by atoms with Crippen molar-refractivity contribution < 1.29 is 4.74 Å². The van der Waals surface area contributed by atoms with Gasteiger partial charge in [-0.05, 0) is 70.6 Å². The SMILES string of the molecule is Cc1cc(CC(C)N)cc(C)c1OCCCC(C)(C)C#N. The third kappa shape index (κ3) is 5.77. The summed E-state index contributed by atoms with van der Waals surface area (Å²) in [5.74, 6) is 0.971. The first-order valence-corrected chi connectivity index (χ1v) is 7.65. The van der Waals surface area contributed by atoms with Crippen molar-refractivity contribution in [3.8, 4) is 11.8 Å². The summed E-state index contributed by atoms with van der Waals surface area (Å²) in [5.41, 5.74) is 9.17. The second-order valence-electron chi connectivity index (χ2n) is 6.69. The maximum atomic E-state index is 9.00. The smallest absolute Gasteiger partial charge is 0.125 e. The van der Waals surface area contributed by atoms with Gasteiger partial charge in [0.15, 0.2) is 0 Å². The molecule has 0 saturated carbocycles. The van der Waals surface area contributed by atoms with E-state index in [1.807, 2.05) is 20.8 Å². The molecule has 0 bridgehead atoms. The quantitative estimate of drug-likeness (QED) is 0.774. The number of ether oxygens (including phenoxy) is 1. The average Bonchev–Trinajstić information content (AvgIpc) is 2.36. The van der Waals surface area contributed by atoms with Crippen LogP contribution in [-0.2, 0) is 6.42 Å². The molecule has 2 N–H and O–H groups in total. The molecule has 0 aromatic heterocycles. The standard InChI is InChI=1S/C18H28N2O/c1-13-9-16(11-15(3)20)10-14(2)17(13)21-8-6-7-18(4,5)12-19/h9-10,15H,6-8,11,20H2,1-5H3. The molecule has 116 valence electrons. The maximum Gasteiger partial charge on any atom is 0.125 e. The zero-order valence-electron chi connectivity index (χ0n) is 14.0. The van der Waals surface area contributed by atoms with Gasteiger partial charge in [-0.3, -0.25) is 0 Å². The Morgan fingerprint density at radius 3 is 2.33 bits per heavy atom. The van der Waals surface area contributed by atoms with Gasteiger partial charge in [0, 0.05) is 6.04 Å². The van der Waals surface area contributed by atoms with Crippen LogP contribution < -0.4 is 10.5 Å². The van der Waals surface area contributed by atoms with Crippen LogP contribution in [0.2, 0.25) is 0 Å². The average molecular weight is 288 g/mol. The van der Waals surface area contributed by atoms with Crippen molar-refractivity contribution in [1.29, 1.82) is 5.26 Å². The lowest BCUT2D eigenvalue weighted by molar-refractivity contribution is 0.281. The first-order valence-electron chi connectivity index (χ1n) is 7.65. The molecule has 0 spiro atoms. The Balaban J connectivity index is 2.62. The molecule has 3 nitrogen and oxygen atoms in total. The van der Waals surface area contributed by atoms with Gasteiger partial charge in [0.2, 0.25) is 0 Å². The predicted molar refractivity (Wildman–Crippen MR) is 87.4 cm³/mol. The van der Waals surface area contributed by atoms with Crippen molar-refractivity contribution in [2.24, 2.45) is 11.1 Å².